The summed E-state index contributed by atoms with van der Waals surface area (Å²) in [6.07, 6.45) is 0.769. The second kappa shape index (κ2) is 7.68. The monoisotopic (exact) mass is 390 g/mol. The molecule has 0 saturated carbocycles. The Morgan fingerprint density at radius 2 is 1.81 bits per heavy atom. The fourth-order valence-corrected chi connectivity index (χ4v) is 3.28. The highest BCUT2D eigenvalue weighted by atomic mass is 35.5. The second-order valence-corrected chi connectivity index (χ2v) is 6.85. The lowest BCUT2D eigenvalue weighted by Crippen LogP contribution is -2.13. The van der Waals surface area contributed by atoms with Crippen LogP contribution in [0.5, 0.6) is 0 Å². The molecule has 0 aliphatic rings. The molecule has 136 valence electrons. The molecule has 0 bridgehead atoms. The van der Waals surface area contributed by atoms with Crippen LogP contribution in [-0.2, 0) is 16.0 Å². The van der Waals surface area contributed by atoms with Crippen LogP contribution in [0.3, 0.4) is 0 Å². The molecule has 0 amide bonds. The van der Waals surface area contributed by atoms with Crippen LogP contribution in [0.1, 0.15) is 38.1 Å². The van der Waals surface area contributed by atoms with Crippen LogP contribution in [0, 0.1) is 0 Å². The third-order valence-electron chi connectivity index (χ3n) is 4.37. The molecule has 1 atom stereocenters. The number of ether oxygens (including phenoxy) is 1. The summed E-state index contributed by atoms with van der Waals surface area (Å²) in [5.74, 6) is 0.399. The summed E-state index contributed by atoms with van der Waals surface area (Å²) in [6.45, 7) is 6.09. The smallest absolute Gasteiger partial charge is 0.313 e. The molecule has 3 aromatic rings. The number of carbonyl (C=O) groups excluding carboxylic acids is 1. The molecule has 4 nitrogen and oxygen atoms in total. The summed E-state index contributed by atoms with van der Waals surface area (Å²) in [7, 11) is 0. The minimum absolute atomic E-state index is 0.219. The van der Waals surface area contributed by atoms with Crippen LogP contribution < -0.4 is 0 Å². The number of benzene rings is 2. The zero-order valence-corrected chi connectivity index (χ0v) is 16.4. The number of fused-ring (bicyclic) bond motifs is 1. The maximum Gasteiger partial charge on any atom is 0.313 e. The van der Waals surface area contributed by atoms with Gasteiger partial charge in [0.2, 0.25) is 0 Å². The molecular formula is C20H20Cl2N2O2. The van der Waals surface area contributed by atoms with Crippen LogP contribution in [0.15, 0.2) is 36.4 Å². The Kier molecular flexibility index (Phi) is 5.54. The van der Waals surface area contributed by atoms with Gasteiger partial charge in [0.1, 0.15) is 5.82 Å². The number of aromatic nitrogens is 2. The first-order valence-corrected chi connectivity index (χ1v) is 9.35. The summed E-state index contributed by atoms with van der Waals surface area (Å²) in [6, 6.07) is 11.5. The van der Waals surface area contributed by atoms with Crippen molar-refractivity contribution in [3.63, 3.8) is 0 Å². The van der Waals surface area contributed by atoms with Gasteiger partial charge >= 0.3 is 5.97 Å². The number of nitrogens with zero attached hydrogens (tertiary/aromatic N) is 2. The lowest BCUT2D eigenvalue weighted by atomic mass is 10.0. The van der Waals surface area contributed by atoms with Crippen molar-refractivity contribution in [2.45, 2.75) is 33.1 Å². The summed E-state index contributed by atoms with van der Waals surface area (Å²) in [5.41, 5.74) is 3.58. The number of esters is 1. The summed E-state index contributed by atoms with van der Waals surface area (Å²) < 4.78 is 7.16. The number of rotatable bonds is 5. The summed E-state index contributed by atoms with van der Waals surface area (Å²) >= 11 is 12.3. The topological polar surface area (TPSA) is 44.1 Å². The average molecular weight is 391 g/mol. The Balaban J connectivity index is 2.04. The molecule has 0 fully saturated rings. The number of hydrogen-bond donors (Lipinski definition) is 0. The van der Waals surface area contributed by atoms with E-state index in [1.54, 1.807) is 6.07 Å². The Bertz CT molecular complexity index is 949. The van der Waals surface area contributed by atoms with Gasteiger partial charge in [0.05, 0.1) is 33.6 Å². The molecular weight excluding hydrogens is 371 g/mol. The predicted octanol–water partition coefficient (Wildman–Crippen LogP) is 5.56. The molecule has 0 spiro atoms. The van der Waals surface area contributed by atoms with Crippen molar-refractivity contribution in [1.82, 2.24) is 9.55 Å². The van der Waals surface area contributed by atoms with Gasteiger partial charge in [-0.3, -0.25) is 9.36 Å². The Morgan fingerprint density at radius 1 is 1.15 bits per heavy atom. The van der Waals surface area contributed by atoms with E-state index in [1.165, 1.54) is 0 Å². The van der Waals surface area contributed by atoms with Crippen LogP contribution >= 0.6 is 23.2 Å². The molecule has 0 saturated heterocycles. The van der Waals surface area contributed by atoms with Crippen molar-refractivity contribution in [3.8, 4) is 5.69 Å². The number of aryl methyl sites for hydroxylation is 1. The lowest BCUT2D eigenvalue weighted by Gasteiger charge is -2.13. The zero-order valence-electron chi connectivity index (χ0n) is 14.9. The van der Waals surface area contributed by atoms with E-state index < -0.39 is 0 Å². The summed E-state index contributed by atoms with van der Waals surface area (Å²) in [4.78, 5) is 16.6. The summed E-state index contributed by atoms with van der Waals surface area (Å²) in [5, 5.41) is 0.987. The van der Waals surface area contributed by atoms with Crippen molar-refractivity contribution < 1.29 is 9.53 Å². The Morgan fingerprint density at radius 3 is 2.42 bits per heavy atom. The second-order valence-electron chi connectivity index (χ2n) is 6.04. The van der Waals surface area contributed by atoms with E-state index in [0.717, 1.165) is 34.5 Å². The van der Waals surface area contributed by atoms with Gasteiger partial charge < -0.3 is 4.74 Å². The fraction of sp³-hybridized carbons (Fsp3) is 0.300. The first-order valence-electron chi connectivity index (χ1n) is 8.59. The number of imidazole rings is 1. The largest absolute Gasteiger partial charge is 0.466 e. The van der Waals surface area contributed by atoms with Gasteiger partial charge in [0, 0.05) is 12.1 Å². The lowest BCUT2D eigenvalue weighted by molar-refractivity contribution is -0.144. The van der Waals surface area contributed by atoms with Crippen molar-refractivity contribution in [1.29, 1.82) is 0 Å². The molecule has 0 radical (unpaired) electrons. The molecule has 26 heavy (non-hydrogen) atoms. The van der Waals surface area contributed by atoms with Crippen molar-refractivity contribution in [3.05, 3.63) is 57.8 Å². The number of carbonyl (C=O) groups is 1. The van der Waals surface area contributed by atoms with Gasteiger partial charge in [-0.15, -0.1) is 0 Å². The fourth-order valence-electron chi connectivity index (χ4n) is 2.96. The minimum atomic E-state index is -0.303. The van der Waals surface area contributed by atoms with E-state index in [-0.39, 0.29) is 11.9 Å². The minimum Gasteiger partial charge on any atom is -0.466 e. The standard InChI is InChI=1S/C20H20Cl2N2O2/c1-4-19-23-17-10-15(21)16(22)11-18(17)24(19)14-8-6-13(7-9-14)12(3)20(25)26-5-2/h6-12H,4-5H2,1-3H3. The molecule has 0 N–H and O–H groups in total. The third-order valence-corrected chi connectivity index (χ3v) is 5.10. The average Bonchev–Trinajstić information content (AvgIpc) is 2.99. The van der Waals surface area contributed by atoms with Gasteiger partial charge in [0.15, 0.2) is 0 Å². The number of hydrogen-bond acceptors (Lipinski definition) is 3. The van der Waals surface area contributed by atoms with Gasteiger partial charge in [0.25, 0.3) is 0 Å². The zero-order chi connectivity index (χ0) is 18.8. The van der Waals surface area contributed by atoms with E-state index in [4.69, 9.17) is 27.9 Å². The maximum atomic E-state index is 11.9. The van der Waals surface area contributed by atoms with Crippen LogP contribution in [-0.4, -0.2) is 22.1 Å². The first-order chi connectivity index (χ1) is 12.5. The van der Waals surface area contributed by atoms with Gasteiger partial charge in [-0.05, 0) is 43.7 Å². The highest BCUT2D eigenvalue weighted by Crippen LogP contribution is 2.31. The SMILES string of the molecule is CCOC(=O)C(C)c1ccc(-n2c(CC)nc3cc(Cl)c(Cl)cc32)cc1. The normalized spacial score (nSPS) is 12.3. The molecule has 2 aromatic carbocycles. The number of halogens is 2. The quantitative estimate of drug-likeness (QED) is 0.535. The molecule has 1 unspecified atom stereocenters. The van der Waals surface area contributed by atoms with Crippen molar-refractivity contribution in [2.75, 3.05) is 6.61 Å². The molecule has 1 aromatic heterocycles. The molecule has 1 heterocycles. The van der Waals surface area contributed by atoms with E-state index in [2.05, 4.69) is 16.5 Å². The Hall–Kier alpha value is -2.04. The third kappa shape index (κ3) is 3.44. The van der Waals surface area contributed by atoms with E-state index in [9.17, 15) is 4.79 Å². The van der Waals surface area contributed by atoms with E-state index >= 15 is 0 Å². The molecule has 0 aliphatic carbocycles. The van der Waals surface area contributed by atoms with Gasteiger partial charge in [-0.2, -0.15) is 0 Å². The van der Waals surface area contributed by atoms with Crippen LogP contribution in [0.4, 0.5) is 0 Å². The highest BCUT2D eigenvalue weighted by Gasteiger charge is 2.17. The maximum absolute atomic E-state index is 11.9. The van der Waals surface area contributed by atoms with Crippen LogP contribution in [0.2, 0.25) is 10.0 Å². The van der Waals surface area contributed by atoms with Gasteiger partial charge in [-0.1, -0.05) is 42.3 Å². The predicted molar refractivity (Wildman–Crippen MR) is 106 cm³/mol. The Labute approximate surface area is 162 Å². The van der Waals surface area contributed by atoms with E-state index in [1.807, 2.05) is 44.2 Å². The molecule has 3 rings (SSSR count). The van der Waals surface area contributed by atoms with Gasteiger partial charge in [-0.25, -0.2) is 4.98 Å². The van der Waals surface area contributed by atoms with Crippen molar-refractivity contribution in [2.24, 2.45) is 0 Å². The first kappa shape index (κ1) is 18.7. The molecule has 0 aliphatic heterocycles. The molecule has 6 heteroatoms. The highest BCUT2D eigenvalue weighted by molar-refractivity contribution is 6.42. The van der Waals surface area contributed by atoms with Crippen molar-refractivity contribution >= 4 is 40.2 Å². The van der Waals surface area contributed by atoms with E-state index in [0.29, 0.717) is 16.7 Å². The van der Waals surface area contributed by atoms with Crippen LogP contribution in [0.25, 0.3) is 16.7 Å².